The summed E-state index contributed by atoms with van der Waals surface area (Å²) in [5, 5.41) is 8.12. The van der Waals surface area contributed by atoms with Crippen LogP contribution in [0.2, 0.25) is 0 Å². The number of benzene rings is 3. The molecular formula is C43H53FN8O5. The van der Waals surface area contributed by atoms with Crippen molar-refractivity contribution in [2.45, 2.75) is 57.2 Å². The third-order valence-electron chi connectivity index (χ3n) is 12.0. The number of rotatable bonds is 14. The second-order valence-electron chi connectivity index (χ2n) is 15.9. The standard InChI is InChI=1S/C43H53FN8O5/c1-28-8-6-10-34(44)32(28)25-50-26-33(37(27-50)48(2)3)29-12-14-30(15-13-29)51-22-20-49(21-23-51)19-5-4-18-45-39(54)24-46-35-11-7-9-31-40(35)43(57)52(42(31)56)36-16-17-38(53)47-41(36)55/h6-15,33,36-37,46H,4-5,16-27H2,1-3H3,(H,45,54)(H,47,53,55)/t33-,36?,37+/m1/s1. The van der Waals surface area contributed by atoms with Gasteiger partial charge in [0.1, 0.15) is 11.9 Å². The molecule has 3 fully saturated rings. The van der Waals surface area contributed by atoms with Gasteiger partial charge in [-0.1, -0.05) is 30.3 Å². The van der Waals surface area contributed by atoms with Crippen LogP contribution < -0.4 is 20.9 Å². The molecule has 3 atom stereocenters. The number of likely N-dealkylation sites (tertiary alicyclic amines) is 1. The third-order valence-corrected chi connectivity index (χ3v) is 12.0. The van der Waals surface area contributed by atoms with E-state index in [2.05, 4.69) is 73.9 Å². The summed E-state index contributed by atoms with van der Waals surface area (Å²) in [6.45, 7) is 9.63. The maximum Gasteiger partial charge on any atom is 0.264 e. The first-order valence-electron chi connectivity index (χ1n) is 20.0. The zero-order valence-electron chi connectivity index (χ0n) is 33.1. The van der Waals surface area contributed by atoms with E-state index >= 15 is 0 Å². The van der Waals surface area contributed by atoms with Gasteiger partial charge in [0, 0.05) is 87.7 Å². The molecular weight excluding hydrogens is 728 g/mol. The van der Waals surface area contributed by atoms with Gasteiger partial charge in [0.2, 0.25) is 17.7 Å². The number of unbranched alkanes of at least 4 members (excludes halogenated alkanes) is 1. The van der Waals surface area contributed by atoms with E-state index in [0.717, 1.165) is 74.7 Å². The monoisotopic (exact) mass is 780 g/mol. The quantitative estimate of drug-likeness (QED) is 0.165. The van der Waals surface area contributed by atoms with Crippen molar-refractivity contribution in [3.63, 3.8) is 0 Å². The molecule has 13 nitrogen and oxygen atoms in total. The van der Waals surface area contributed by atoms with E-state index in [4.69, 9.17) is 0 Å². The van der Waals surface area contributed by atoms with Gasteiger partial charge in [-0.05, 0) is 88.3 Å². The van der Waals surface area contributed by atoms with E-state index in [1.165, 1.54) is 17.3 Å². The summed E-state index contributed by atoms with van der Waals surface area (Å²) in [6, 6.07) is 18.4. The highest BCUT2D eigenvalue weighted by atomic mass is 19.1. The number of carbonyl (C=O) groups excluding carboxylic acids is 5. The molecule has 0 radical (unpaired) electrons. The van der Waals surface area contributed by atoms with Gasteiger partial charge in [-0.3, -0.25) is 44.0 Å². The molecule has 302 valence electrons. The number of halogens is 1. The number of nitrogens with zero attached hydrogens (tertiary/aromatic N) is 5. The van der Waals surface area contributed by atoms with Crippen molar-refractivity contribution in [3.8, 4) is 0 Å². The average molecular weight is 781 g/mol. The summed E-state index contributed by atoms with van der Waals surface area (Å²) in [6.07, 6.45) is 1.90. The molecule has 3 aromatic carbocycles. The summed E-state index contributed by atoms with van der Waals surface area (Å²) in [4.78, 5) is 73.5. The number of piperidine rings is 1. The Kier molecular flexibility index (Phi) is 12.3. The first kappa shape index (κ1) is 40.0. The number of amides is 5. The minimum atomic E-state index is -1.05. The van der Waals surface area contributed by atoms with E-state index in [0.29, 0.717) is 30.7 Å². The molecule has 0 spiro atoms. The molecule has 3 saturated heterocycles. The number of carbonyl (C=O) groups is 5. The average Bonchev–Trinajstić information content (AvgIpc) is 3.74. The van der Waals surface area contributed by atoms with E-state index in [1.54, 1.807) is 24.3 Å². The summed E-state index contributed by atoms with van der Waals surface area (Å²) >= 11 is 0. The Morgan fingerprint density at radius 3 is 2.37 bits per heavy atom. The maximum absolute atomic E-state index is 14.6. The number of fused-ring (bicyclic) bond motifs is 1. The lowest BCUT2D eigenvalue weighted by molar-refractivity contribution is -0.136. The molecule has 14 heteroatoms. The molecule has 1 unspecified atom stereocenters. The lowest BCUT2D eigenvalue weighted by Crippen LogP contribution is -2.54. The minimum absolute atomic E-state index is 0.0439. The molecule has 57 heavy (non-hydrogen) atoms. The molecule has 5 amide bonds. The Morgan fingerprint density at radius 1 is 0.895 bits per heavy atom. The highest BCUT2D eigenvalue weighted by Crippen LogP contribution is 2.34. The van der Waals surface area contributed by atoms with E-state index in [9.17, 15) is 28.4 Å². The summed E-state index contributed by atoms with van der Waals surface area (Å²) < 4.78 is 14.6. The van der Waals surface area contributed by atoms with Gasteiger partial charge in [0.25, 0.3) is 11.8 Å². The molecule has 3 aromatic rings. The van der Waals surface area contributed by atoms with Crippen LogP contribution in [0.1, 0.15) is 69.0 Å². The zero-order chi connectivity index (χ0) is 40.2. The van der Waals surface area contributed by atoms with Gasteiger partial charge in [-0.15, -0.1) is 0 Å². The van der Waals surface area contributed by atoms with Crippen molar-refractivity contribution in [1.82, 2.24) is 30.2 Å². The maximum atomic E-state index is 14.6. The van der Waals surface area contributed by atoms with Crippen LogP contribution in [-0.4, -0.2) is 134 Å². The molecule has 3 N–H and O–H groups in total. The second kappa shape index (κ2) is 17.5. The van der Waals surface area contributed by atoms with E-state index in [-0.39, 0.29) is 42.2 Å². The number of piperazine rings is 1. The van der Waals surface area contributed by atoms with Crippen LogP contribution in [0.4, 0.5) is 15.8 Å². The van der Waals surface area contributed by atoms with Crippen molar-refractivity contribution >= 4 is 40.9 Å². The van der Waals surface area contributed by atoms with Crippen LogP contribution in [0.15, 0.2) is 60.7 Å². The minimum Gasteiger partial charge on any atom is -0.375 e. The Hall–Kier alpha value is -5.18. The van der Waals surface area contributed by atoms with E-state index in [1.807, 2.05) is 13.0 Å². The number of hydrogen-bond acceptors (Lipinski definition) is 10. The normalized spacial score (nSPS) is 21.7. The lowest BCUT2D eigenvalue weighted by atomic mass is 9.93. The molecule has 0 aromatic heterocycles. The van der Waals surface area contributed by atoms with Crippen molar-refractivity contribution in [3.05, 3.63) is 94.3 Å². The highest BCUT2D eigenvalue weighted by Gasteiger charge is 2.45. The Morgan fingerprint density at radius 2 is 1.65 bits per heavy atom. The van der Waals surface area contributed by atoms with Crippen LogP contribution in [-0.2, 0) is 20.9 Å². The molecule has 7 rings (SSSR count). The van der Waals surface area contributed by atoms with E-state index < -0.39 is 29.7 Å². The van der Waals surface area contributed by atoms with Crippen LogP contribution in [0, 0.1) is 12.7 Å². The number of anilines is 2. The summed E-state index contributed by atoms with van der Waals surface area (Å²) in [7, 11) is 4.27. The second-order valence-corrected chi connectivity index (χ2v) is 15.9. The van der Waals surface area contributed by atoms with Crippen LogP contribution in [0.3, 0.4) is 0 Å². The van der Waals surface area contributed by atoms with Crippen molar-refractivity contribution in [2.24, 2.45) is 0 Å². The number of hydrogen-bond donors (Lipinski definition) is 3. The SMILES string of the molecule is Cc1cccc(F)c1CN1C[C@H](c2ccc(N3CCN(CCCCNC(=O)CNc4cccc5c4C(=O)N(C4CCC(=O)NC4=O)C5=O)CC3)cc2)[C@@H](N(C)C)C1. The molecule has 0 saturated carbocycles. The van der Waals surface area contributed by atoms with Gasteiger partial charge >= 0.3 is 0 Å². The number of nitrogens with one attached hydrogen (secondary N) is 3. The smallest absolute Gasteiger partial charge is 0.264 e. The molecule has 4 aliphatic heterocycles. The number of imide groups is 2. The lowest BCUT2D eigenvalue weighted by Gasteiger charge is -2.36. The summed E-state index contributed by atoms with van der Waals surface area (Å²) in [5.41, 5.74) is 4.97. The fourth-order valence-corrected chi connectivity index (χ4v) is 8.69. The fraction of sp³-hybridized carbons (Fsp3) is 0.465. The zero-order valence-corrected chi connectivity index (χ0v) is 33.1. The van der Waals surface area contributed by atoms with Gasteiger partial charge in [0.05, 0.1) is 17.7 Å². The number of aryl methyl sites for hydroxylation is 1. The first-order chi connectivity index (χ1) is 27.5. The number of likely N-dealkylation sites (N-methyl/N-ethyl adjacent to an activating group) is 1. The summed E-state index contributed by atoms with van der Waals surface area (Å²) in [5.74, 6) is -2.32. The van der Waals surface area contributed by atoms with Crippen molar-refractivity contribution in [2.75, 3.05) is 83.2 Å². The van der Waals surface area contributed by atoms with Crippen LogP contribution >= 0.6 is 0 Å². The van der Waals surface area contributed by atoms with Crippen LogP contribution in [0.25, 0.3) is 0 Å². The van der Waals surface area contributed by atoms with Crippen molar-refractivity contribution < 1.29 is 28.4 Å². The van der Waals surface area contributed by atoms with Crippen molar-refractivity contribution in [1.29, 1.82) is 0 Å². The fourth-order valence-electron chi connectivity index (χ4n) is 8.69. The van der Waals surface area contributed by atoms with Gasteiger partial charge in [0.15, 0.2) is 0 Å². The molecule has 4 heterocycles. The Balaban J connectivity index is 0.811. The molecule has 0 aliphatic carbocycles. The van der Waals surface area contributed by atoms with Crippen LogP contribution in [0.5, 0.6) is 0 Å². The third kappa shape index (κ3) is 8.88. The Bertz CT molecular complexity index is 1980. The topological polar surface area (TPSA) is 138 Å². The predicted molar refractivity (Wildman–Crippen MR) is 216 cm³/mol. The highest BCUT2D eigenvalue weighted by molar-refractivity contribution is 6.25. The molecule has 4 aliphatic rings. The predicted octanol–water partition coefficient (Wildman–Crippen LogP) is 3.20. The largest absolute Gasteiger partial charge is 0.375 e. The first-order valence-corrected chi connectivity index (χ1v) is 20.0. The van der Waals surface area contributed by atoms with Gasteiger partial charge < -0.3 is 20.4 Å². The van der Waals surface area contributed by atoms with Gasteiger partial charge in [-0.2, -0.15) is 0 Å². The molecule has 0 bridgehead atoms. The van der Waals surface area contributed by atoms with Gasteiger partial charge in [-0.25, -0.2) is 4.39 Å². The Labute approximate surface area is 333 Å².